The first-order valence-corrected chi connectivity index (χ1v) is 6.50. The van der Waals surface area contributed by atoms with Crippen molar-refractivity contribution in [2.45, 2.75) is 24.8 Å². The first-order chi connectivity index (χ1) is 9.14. The fraction of sp³-hybridized carbons (Fsp3) is 0.500. The quantitative estimate of drug-likeness (QED) is 0.324. The van der Waals surface area contributed by atoms with Gasteiger partial charge in [0.2, 0.25) is 0 Å². The molecule has 5 nitrogen and oxygen atoms in total. The largest absolute Gasteiger partial charge is 0.409 e. The maximum absolute atomic E-state index is 8.93. The molecule has 2 rings (SSSR count). The van der Waals surface area contributed by atoms with Gasteiger partial charge in [0.25, 0.3) is 0 Å². The molecule has 1 aliphatic rings. The molecule has 0 saturated carbocycles. The van der Waals surface area contributed by atoms with Crippen molar-refractivity contribution in [2.75, 3.05) is 19.8 Å². The summed E-state index contributed by atoms with van der Waals surface area (Å²) in [5.41, 5.74) is 6.82. The number of nitrogens with one attached hydrogen (secondary N) is 1. The van der Waals surface area contributed by atoms with E-state index in [1.807, 2.05) is 30.3 Å². The number of hydrogen-bond donors (Lipinski definition) is 3. The smallest absolute Gasteiger partial charge is 0.147 e. The second kappa shape index (κ2) is 6.04. The summed E-state index contributed by atoms with van der Waals surface area (Å²) in [5, 5.41) is 15.6. The average Bonchev–Trinajstić information content (AvgIpc) is 2.87. The Bertz CT molecular complexity index is 428. The summed E-state index contributed by atoms with van der Waals surface area (Å²) in [6.45, 7) is 4.24. The Balaban J connectivity index is 2.07. The van der Waals surface area contributed by atoms with Gasteiger partial charge in [0.05, 0.1) is 12.5 Å². The predicted octanol–water partition coefficient (Wildman–Crippen LogP) is 1.29. The van der Waals surface area contributed by atoms with E-state index < -0.39 is 0 Å². The first-order valence-electron chi connectivity index (χ1n) is 6.50. The van der Waals surface area contributed by atoms with E-state index in [-0.39, 0.29) is 17.3 Å². The van der Waals surface area contributed by atoms with Crippen molar-refractivity contribution in [3.63, 3.8) is 0 Å². The van der Waals surface area contributed by atoms with Crippen LogP contribution in [0.25, 0.3) is 0 Å². The lowest BCUT2D eigenvalue weighted by molar-refractivity contribution is 0.171. The molecule has 1 fully saturated rings. The predicted molar refractivity (Wildman–Crippen MR) is 74.4 cm³/mol. The van der Waals surface area contributed by atoms with Crippen LogP contribution >= 0.6 is 0 Å². The number of rotatable bonds is 5. The second-order valence-corrected chi connectivity index (χ2v) is 5.23. The summed E-state index contributed by atoms with van der Waals surface area (Å²) in [6, 6.07) is 9.82. The van der Waals surface area contributed by atoms with Crippen molar-refractivity contribution in [3.05, 3.63) is 35.9 Å². The van der Waals surface area contributed by atoms with Gasteiger partial charge in [-0.3, -0.25) is 0 Å². The Kier molecular flexibility index (Phi) is 4.39. The first kappa shape index (κ1) is 13.8. The van der Waals surface area contributed by atoms with Gasteiger partial charge in [-0.15, -0.1) is 0 Å². The Labute approximate surface area is 113 Å². The number of nitrogens with two attached hydrogens (primary N) is 1. The Hall–Kier alpha value is -1.59. The molecule has 0 spiro atoms. The minimum atomic E-state index is -0.136. The van der Waals surface area contributed by atoms with Crippen LogP contribution in [0.3, 0.4) is 0 Å². The number of benzene rings is 1. The maximum Gasteiger partial charge on any atom is 0.147 e. The van der Waals surface area contributed by atoms with E-state index >= 15 is 0 Å². The highest BCUT2D eigenvalue weighted by Crippen LogP contribution is 2.20. The lowest BCUT2D eigenvalue weighted by atomic mass is 9.95. The van der Waals surface area contributed by atoms with Crippen molar-refractivity contribution in [3.8, 4) is 0 Å². The maximum atomic E-state index is 8.93. The minimum Gasteiger partial charge on any atom is -0.409 e. The molecule has 5 heteroatoms. The van der Waals surface area contributed by atoms with E-state index in [1.165, 1.54) is 0 Å². The fourth-order valence-electron chi connectivity index (χ4n) is 2.30. The number of oxime groups is 1. The van der Waals surface area contributed by atoms with Crippen LogP contribution in [0.15, 0.2) is 35.5 Å². The summed E-state index contributed by atoms with van der Waals surface area (Å²) in [7, 11) is 0. The summed E-state index contributed by atoms with van der Waals surface area (Å²) >= 11 is 0. The summed E-state index contributed by atoms with van der Waals surface area (Å²) in [6.07, 6.45) is 0.977. The number of hydrogen-bond acceptors (Lipinski definition) is 4. The molecular formula is C14H21N3O2. The molecule has 0 radical (unpaired) electrons. The molecule has 1 aromatic rings. The van der Waals surface area contributed by atoms with E-state index in [2.05, 4.69) is 17.4 Å². The van der Waals surface area contributed by atoms with E-state index in [0.29, 0.717) is 13.2 Å². The average molecular weight is 263 g/mol. The Morgan fingerprint density at radius 3 is 2.84 bits per heavy atom. The van der Waals surface area contributed by atoms with Crippen LogP contribution in [-0.4, -0.2) is 36.3 Å². The van der Waals surface area contributed by atoms with Gasteiger partial charge in [-0.05, 0) is 18.9 Å². The molecule has 0 amide bonds. The molecule has 104 valence electrons. The highest BCUT2D eigenvalue weighted by atomic mass is 16.5. The molecule has 1 saturated heterocycles. The molecule has 0 bridgehead atoms. The van der Waals surface area contributed by atoms with Crippen LogP contribution in [0.4, 0.5) is 0 Å². The van der Waals surface area contributed by atoms with Crippen molar-refractivity contribution in [1.29, 1.82) is 0 Å². The lowest BCUT2D eigenvalue weighted by Crippen LogP contribution is -2.46. The van der Waals surface area contributed by atoms with Crippen molar-refractivity contribution >= 4 is 5.84 Å². The van der Waals surface area contributed by atoms with Crippen LogP contribution in [-0.2, 0) is 4.74 Å². The second-order valence-electron chi connectivity index (χ2n) is 5.23. The van der Waals surface area contributed by atoms with Gasteiger partial charge in [-0.25, -0.2) is 0 Å². The minimum absolute atomic E-state index is 0.0250. The lowest BCUT2D eigenvalue weighted by Gasteiger charge is -2.27. The molecule has 1 aromatic carbocycles. The third-order valence-corrected chi connectivity index (χ3v) is 3.63. The van der Waals surface area contributed by atoms with Crippen molar-refractivity contribution < 1.29 is 9.94 Å². The standard InChI is InChI=1S/C14H21N3O2/c1-14(7-8-19-10-14)16-9-12(13(15)17-18)11-5-3-2-4-6-11/h2-6,12,16,18H,7-10H2,1H3,(H2,15,17). The van der Waals surface area contributed by atoms with Crippen LogP contribution in [0.2, 0.25) is 0 Å². The number of nitrogens with zero attached hydrogens (tertiary/aromatic N) is 1. The van der Waals surface area contributed by atoms with E-state index in [1.54, 1.807) is 0 Å². The molecule has 4 N–H and O–H groups in total. The van der Waals surface area contributed by atoms with Gasteiger partial charge < -0.3 is 21.0 Å². The molecule has 0 aromatic heterocycles. The Morgan fingerprint density at radius 2 is 2.26 bits per heavy atom. The molecule has 0 aliphatic carbocycles. The van der Waals surface area contributed by atoms with Crippen LogP contribution in [0, 0.1) is 0 Å². The van der Waals surface area contributed by atoms with Crippen molar-refractivity contribution in [1.82, 2.24) is 5.32 Å². The van der Waals surface area contributed by atoms with Gasteiger partial charge >= 0.3 is 0 Å². The SMILES string of the molecule is CC1(NCC(/C(N)=N/O)c2ccccc2)CCOC1. The molecule has 2 atom stereocenters. The zero-order chi connectivity index (χ0) is 13.7. The molecule has 1 aliphatic heterocycles. The molecule has 2 unspecified atom stereocenters. The van der Waals surface area contributed by atoms with Gasteiger partial charge in [0.1, 0.15) is 5.84 Å². The normalized spacial score (nSPS) is 25.4. The highest BCUT2D eigenvalue weighted by Gasteiger charge is 2.30. The highest BCUT2D eigenvalue weighted by molar-refractivity contribution is 5.87. The molecule has 19 heavy (non-hydrogen) atoms. The fourth-order valence-corrected chi connectivity index (χ4v) is 2.30. The van der Waals surface area contributed by atoms with Gasteiger partial charge in [-0.1, -0.05) is 35.5 Å². The third-order valence-electron chi connectivity index (χ3n) is 3.63. The topological polar surface area (TPSA) is 79.9 Å². The van der Waals surface area contributed by atoms with Crippen LogP contribution < -0.4 is 11.1 Å². The zero-order valence-electron chi connectivity index (χ0n) is 11.2. The van der Waals surface area contributed by atoms with Crippen LogP contribution in [0.1, 0.15) is 24.8 Å². The molecule has 1 heterocycles. The molecular weight excluding hydrogens is 242 g/mol. The van der Waals surface area contributed by atoms with E-state index in [4.69, 9.17) is 15.7 Å². The number of amidine groups is 1. The zero-order valence-corrected chi connectivity index (χ0v) is 11.2. The van der Waals surface area contributed by atoms with Gasteiger partial charge in [0.15, 0.2) is 0 Å². The summed E-state index contributed by atoms with van der Waals surface area (Å²) in [4.78, 5) is 0. The third kappa shape index (κ3) is 3.45. The summed E-state index contributed by atoms with van der Waals surface area (Å²) < 4.78 is 5.41. The van der Waals surface area contributed by atoms with Crippen LogP contribution in [0.5, 0.6) is 0 Å². The monoisotopic (exact) mass is 263 g/mol. The van der Waals surface area contributed by atoms with Crippen molar-refractivity contribution in [2.24, 2.45) is 10.9 Å². The number of ether oxygens (including phenoxy) is 1. The Morgan fingerprint density at radius 1 is 1.53 bits per heavy atom. The van der Waals surface area contributed by atoms with E-state index in [9.17, 15) is 0 Å². The van der Waals surface area contributed by atoms with Gasteiger partial charge in [0, 0.05) is 18.7 Å². The summed E-state index contributed by atoms with van der Waals surface area (Å²) in [5.74, 6) is 0.0878. The van der Waals surface area contributed by atoms with Gasteiger partial charge in [-0.2, -0.15) is 0 Å². The van der Waals surface area contributed by atoms with E-state index in [0.717, 1.165) is 18.6 Å².